The van der Waals surface area contributed by atoms with Crippen LogP contribution in [0.3, 0.4) is 0 Å². The number of aliphatic carboxylic acids is 1. The first kappa shape index (κ1) is 45.4. The highest BCUT2D eigenvalue weighted by Gasteiger charge is 2.20. The Kier molecular flexibility index (Phi) is 34.4. The molecule has 2 unspecified atom stereocenters. The van der Waals surface area contributed by atoms with Gasteiger partial charge in [0.05, 0.1) is 19.1 Å². The van der Waals surface area contributed by atoms with Crippen LogP contribution in [-0.4, -0.2) is 48.9 Å². The predicted octanol–water partition coefficient (Wildman–Crippen LogP) is 11.5. The number of unbranched alkanes of at least 4 members (excludes halogenated alkanes) is 24. The van der Waals surface area contributed by atoms with Gasteiger partial charge in [0.2, 0.25) is 0 Å². The van der Waals surface area contributed by atoms with E-state index in [0.29, 0.717) is 19.3 Å². The van der Waals surface area contributed by atoms with E-state index in [1.54, 1.807) is 6.92 Å². The van der Waals surface area contributed by atoms with Crippen LogP contribution in [-0.2, 0) is 28.6 Å². The lowest BCUT2D eigenvalue weighted by Gasteiger charge is -2.19. The van der Waals surface area contributed by atoms with Crippen LogP contribution in [0.15, 0.2) is 0 Å². The molecule has 0 aliphatic rings. The molecule has 0 radical (unpaired) electrons. The maximum absolute atomic E-state index is 12.6. The van der Waals surface area contributed by atoms with Crippen LogP contribution in [0.25, 0.3) is 0 Å². The minimum absolute atomic E-state index is 0.0140. The monoisotopic (exact) mass is 669 g/mol. The van der Waals surface area contributed by atoms with E-state index in [1.165, 1.54) is 128 Å². The maximum Gasteiger partial charge on any atom is 0.308 e. The second-order valence-electron chi connectivity index (χ2n) is 13.8. The van der Waals surface area contributed by atoms with E-state index in [0.717, 1.165) is 38.5 Å². The van der Waals surface area contributed by atoms with Crippen LogP contribution in [0.4, 0.5) is 0 Å². The third-order valence-electron chi connectivity index (χ3n) is 9.16. The zero-order chi connectivity index (χ0) is 34.6. The number of carbonyl (C=O) groups excluding carboxylic acids is 2. The van der Waals surface area contributed by atoms with E-state index in [2.05, 4.69) is 13.8 Å². The summed E-state index contributed by atoms with van der Waals surface area (Å²) >= 11 is 0. The Morgan fingerprint density at radius 1 is 0.468 bits per heavy atom. The molecule has 0 saturated heterocycles. The van der Waals surface area contributed by atoms with Crippen LogP contribution in [0.2, 0.25) is 0 Å². The number of carboxylic acids is 1. The summed E-state index contributed by atoms with van der Waals surface area (Å²) in [6.07, 6.45) is 32.8. The first-order valence-corrected chi connectivity index (χ1v) is 20.1. The van der Waals surface area contributed by atoms with Crippen molar-refractivity contribution in [2.45, 2.75) is 213 Å². The van der Waals surface area contributed by atoms with Crippen molar-refractivity contribution in [2.75, 3.05) is 19.8 Å². The normalized spacial score (nSPS) is 12.6. The highest BCUT2D eigenvalue weighted by atomic mass is 16.6. The molecule has 0 heterocycles. The molecule has 0 bridgehead atoms. The van der Waals surface area contributed by atoms with Gasteiger partial charge in [-0.1, -0.05) is 175 Å². The number of carboxylic acid groups (broad SMARTS) is 1. The number of carbonyl (C=O) groups is 3. The lowest BCUT2D eigenvalue weighted by atomic mass is 10.0. The fraction of sp³-hybridized carbons (Fsp3) is 0.925. The molecule has 7 nitrogen and oxygen atoms in total. The van der Waals surface area contributed by atoms with Crippen molar-refractivity contribution in [3.8, 4) is 0 Å². The van der Waals surface area contributed by atoms with Gasteiger partial charge < -0.3 is 19.3 Å². The molecule has 0 amide bonds. The van der Waals surface area contributed by atoms with Gasteiger partial charge in [0, 0.05) is 12.8 Å². The smallest absolute Gasteiger partial charge is 0.308 e. The standard InChI is InChI=1S/C40H76O7/c1-4-7-9-11-13-15-17-19-21-23-25-27-29-31-38(41)46-35-37(34-45-33-36(6-3)40(43)44)47-39(42)32-30-28-26-24-22-20-18-16-14-12-10-8-5-2/h36-37H,4-35H2,1-3H3,(H,43,44). The van der Waals surface area contributed by atoms with Crippen molar-refractivity contribution in [1.29, 1.82) is 0 Å². The molecule has 0 aliphatic heterocycles. The summed E-state index contributed by atoms with van der Waals surface area (Å²) in [6.45, 7) is 6.29. The summed E-state index contributed by atoms with van der Waals surface area (Å²) < 4.78 is 16.7. The molecule has 0 fully saturated rings. The van der Waals surface area contributed by atoms with Crippen LogP contribution in [0.5, 0.6) is 0 Å². The number of hydrogen-bond acceptors (Lipinski definition) is 6. The van der Waals surface area contributed by atoms with Crippen molar-refractivity contribution in [1.82, 2.24) is 0 Å². The number of rotatable bonds is 37. The summed E-state index contributed by atoms with van der Waals surface area (Å²) in [5, 5.41) is 9.29. The molecule has 278 valence electrons. The van der Waals surface area contributed by atoms with Gasteiger partial charge in [0.1, 0.15) is 6.61 Å². The van der Waals surface area contributed by atoms with E-state index in [9.17, 15) is 19.5 Å². The van der Waals surface area contributed by atoms with Gasteiger partial charge in [0.15, 0.2) is 6.10 Å². The lowest BCUT2D eigenvalue weighted by Crippen LogP contribution is -2.31. The fourth-order valence-electron chi connectivity index (χ4n) is 5.90. The first-order chi connectivity index (χ1) is 22.9. The number of ether oxygens (including phenoxy) is 3. The maximum atomic E-state index is 12.6. The van der Waals surface area contributed by atoms with Crippen molar-refractivity contribution >= 4 is 17.9 Å². The number of hydrogen-bond donors (Lipinski definition) is 1. The van der Waals surface area contributed by atoms with Crippen LogP contribution in [0, 0.1) is 5.92 Å². The molecule has 0 aromatic rings. The van der Waals surface area contributed by atoms with E-state index < -0.39 is 18.0 Å². The average Bonchev–Trinajstić information content (AvgIpc) is 3.05. The highest BCUT2D eigenvalue weighted by molar-refractivity contribution is 5.70. The summed E-state index contributed by atoms with van der Waals surface area (Å²) in [4.78, 5) is 36.3. The zero-order valence-electron chi connectivity index (χ0n) is 31.2. The zero-order valence-corrected chi connectivity index (χ0v) is 31.2. The second-order valence-corrected chi connectivity index (χ2v) is 13.8. The second kappa shape index (κ2) is 35.7. The van der Waals surface area contributed by atoms with Crippen LogP contribution in [0.1, 0.15) is 207 Å². The molecule has 0 rings (SSSR count). The summed E-state index contributed by atoms with van der Waals surface area (Å²) in [5.41, 5.74) is 0. The Hall–Kier alpha value is -1.63. The van der Waals surface area contributed by atoms with Crippen molar-refractivity contribution in [3.63, 3.8) is 0 Å². The van der Waals surface area contributed by atoms with Crippen molar-refractivity contribution in [2.24, 2.45) is 5.92 Å². The SMILES string of the molecule is CCCCCCCCCCCCCCCC(=O)OCC(COCC(CC)C(=O)O)OC(=O)CCCCCCCCCCCCCCC. The van der Waals surface area contributed by atoms with Gasteiger partial charge in [-0.3, -0.25) is 14.4 Å². The lowest BCUT2D eigenvalue weighted by molar-refractivity contribution is -0.164. The van der Waals surface area contributed by atoms with E-state index in [1.807, 2.05) is 0 Å². The van der Waals surface area contributed by atoms with Crippen LogP contribution < -0.4 is 0 Å². The van der Waals surface area contributed by atoms with Gasteiger partial charge in [0.25, 0.3) is 0 Å². The molecule has 2 atom stereocenters. The summed E-state index contributed by atoms with van der Waals surface area (Å²) in [7, 11) is 0. The fourth-order valence-corrected chi connectivity index (χ4v) is 5.90. The molecule has 0 aromatic carbocycles. The molecule has 47 heavy (non-hydrogen) atoms. The Bertz CT molecular complexity index is 711. The van der Waals surface area contributed by atoms with E-state index in [-0.39, 0.29) is 31.8 Å². The molecule has 7 heteroatoms. The minimum Gasteiger partial charge on any atom is -0.481 e. The molecular weight excluding hydrogens is 592 g/mol. The topological polar surface area (TPSA) is 99.1 Å². The van der Waals surface area contributed by atoms with Gasteiger partial charge >= 0.3 is 17.9 Å². The third-order valence-corrected chi connectivity index (χ3v) is 9.16. The van der Waals surface area contributed by atoms with Crippen LogP contribution >= 0.6 is 0 Å². The molecule has 0 aliphatic carbocycles. The number of esters is 2. The Labute approximate surface area is 290 Å². The molecule has 0 spiro atoms. The van der Waals surface area contributed by atoms with Gasteiger partial charge in [-0.05, 0) is 19.3 Å². The Balaban J connectivity index is 4.15. The Morgan fingerprint density at radius 2 is 0.830 bits per heavy atom. The molecule has 0 aromatic heterocycles. The quantitative estimate of drug-likeness (QED) is 0.0519. The Morgan fingerprint density at radius 3 is 1.19 bits per heavy atom. The first-order valence-electron chi connectivity index (χ1n) is 20.1. The minimum atomic E-state index is -0.910. The highest BCUT2D eigenvalue weighted by Crippen LogP contribution is 2.15. The van der Waals surface area contributed by atoms with Gasteiger partial charge in [-0.2, -0.15) is 0 Å². The molecule has 0 saturated carbocycles. The van der Waals surface area contributed by atoms with Gasteiger partial charge in [-0.25, -0.2) is 0 Å². The largest absolute Gasteiger partial charge is 0.481 e. The van der Waals surface area contributed by atoms with E-state index in [4.69, 9.17) is 14.2 Å². The molecular formula is C40H76O7. The van der Waals surface area contributed by atoms with Crippen molar-refractivity contribution in [3.05, 3.63) is 0 Å². The average molecular weight is 669 g/mol. The third kappa shape index (κ3) is 32.7. The summed E-state index contributed by atoms with van der Waals surface area (Å²) in [5.74, 6) is -2.13. The predicted molar refractivity (Wildman–Crippen MR) is 194 cm³/mol. The van der Waals surface area contributed by atoms with Crippen molar-refractivity contribution < 1.29 is 33.7 Å². The molecule has 1 N–H and O–H groups in total. The van der Waals surface area contributed by atoms with E-state index >= 15 is 0 Å². The summed E-state index contributed by atoms with van der Waals surface area (Å²) in [6, 6.07) is 0. The van der Waals surface area contributed by atoms with Gasteiger partial charge in [-0.15, -0.1) is 0 Å².